The minimum Gasteiger partial charge on any atom is -0.354 e. The summed E-state index contributed by atoms with van der Waals surface area (Å²) in [6.45, 7) is 11.8. The summed E-state index contributed by atoms with van der Waals surface area (Å²) < 4.78 is 0. The summed E-state index contributed by atoms with van der Waals surface area (Å²) in [5, 5.41) is 12.8. The molecule has 0 spiro atoms. The molecule has 0 unspecified atom stereocenters. The average Bonchev–Trinajstić information content (AvgIpc) is 3.07. The van der Waals surface area contributed by atoms with E-state index in [2.05, 4.69) is 25.8 Å². The van der Waals surface area contributed by atoms with Crippen molar-refractivity contribution in [3.05, 3.63) is 40.0 Å². The van der Waals surface area contributed by atoms with Crippen molar-refractivity contribution in [2.24, 2.45) is 0 Å². The summed E-state index contributed by atoms with van der Waals surface area (Å²) in [5.41, 5.74) is 4.49. The Balaban J connectivity index is 1.95. The van der Waals surface area contributed by atoms with Crippen LogP contribution in [0.2, 0.25) is 0 Å². The van der Waals surface area contributed by atoms with Crippen LogP contribution in [-0.4, -0.2) is 39.6 Å². The first-order valence-corrected chi connectivity index (χ1v) is 8.50. The zero-order valence-corrected chi connectivity index (χ0v) is 15.7. The molecule has 0 aliphatic rings. The van der Waals surface area contributed by atoms with Gasteiger partial charge in [-0.05, 0) is 45.2 Å². The molecule has 2 heterocycles. The first-order valence-electron chi connectivity index (χ1n) is 8.50. The van der Waals surface area contributed by atoms with Gasteiger partial charge in [-0.25, -0.2) is 0 Å². The molecule has 2 aromatic rings. The Morgan fingerprint density at radius 1 is 1.16 bits per heavy atom. The molecule has 7 heteroatoms. The normalized spacial score (nSPS) is 12.3. The topological polar surface area (TPSA) is 103 Å². The Hall–Kier alpha value is -2.57. The van der Waals surface area contributed by atoms with Crippen molar-refractivity contribution in [1.82, 2.24) is 25.8 Å². The van der Waals surface area contributed by atoms with E-state index in [1.54, 1.807) is 0 Å². The molecule has 0 radical (unpaired) electrons. The molecule has 2 aromatic heterocycles. The lowest BCUT2D eigenvalue weighted by Crippen LogP contribution is -2.42. The summed E-state index contributed by atoms with van der Waals surface area (Å²) in [4.78, 5) is 27.8. The molecule has 2 rings (SSSR count). The summed E-state index contributed by atoms with van der Waals surface area (Å²) >= 11 is 0. The predicted octanol–water partition coefficient (Wildman–Crippen LogP) is 2.33. The van der Waals surface area contributed by atoms with Gasteiger partial charge in [-0.15, -0.1) is 0 Å². The van der Waals surface area contributed by atoms with E-state index in [4.69, 9.17) is 0 Å². The summed E-state index contributed by atoms with van der Waals surface area (Å²) in [7, 11) is 0. The number of rotatable bonds is 6. The van der Waals surface area contributed by atoms with E-state index >= 15 is 0 Å². The third-order valence-electron chi connectivity index (χ3n) is 4.07. The van der Waals surface area contributed by atoms with Crippen LogP contribution >= 0.6 is 0 Å². The number of aryl methyl sites for hydroxylation is 3. The number of hydrogen-bond donors (Lipinski definition) is 4. The molecule has 25 heavy (non-hydrogen) atoms. The van der Waals surface area contributed by atoms with Gasteiger partial charge in [-0.3, -0.25) is 14.7 Å². The number of carbonyl (C=O) groups is 2. The maximum Gasteiger partial charge on any atom is 0.268 e. The lowest BCUT2D eigenvalue weighted by Gasteiger charge is -2.15. The van der Waals surface area contributed by atoms with E-state index in [9.17, 15) is 9.59 Å². The number of nitrogens with zero attached hydrogens (tertiary/aromatic N) is 1. The Bertz CT molecular complexity index is 773. The number of carbonyl (C=O) groups excluding carboxylic acids is 2. The Morgan fingerprint density at radius 3 is 2.40 bits per heavy atom. The maximum absolute atomic E-state index is 12.5. The number of aromatic amines is 2. The van der Waals surface area contributed by atoms with Crippen LogP contribution in [0, 0.1) is 20.8 Å². The zero-order chi connectivity index (χ0) is 18.7. The third kappa shape index (κ3) is 4.29. The molecule has 136 valence electrons. The molecule has 4 N–H and O–H groups in total. The maximum atomic E-state index is 12.5. The van der Waals surface area contributed by atoms with E-state index in [-0.39, 0.29) is 23.8 Å². The second kappa shape index (κ2) is 7.55. The van der Waals surface area contributed by atoms with Gasteiger partial charge in [0.15, 0.2) is 0 Å². The summed E-state index contributed by atoms with van der Waals surface area (Å²) in [5.74, 6) is -0.195. The lowest BCUT2D eigenvalue weighted by molar-refractivity contribution is 0.0908. The van der Waals surface area contributed by atoms with Crippen LogP contribution in [0.5, 0.6) is 0 Å². The molecule has 0 aromatic carbocycles. The number of H-pyrrole nitrogens is 2. The molecule has 0 saturated carbocycles. The van der Waals surface area contributed by atoms with Crippen molar-refractivity contribution in [1.29, 1.82) is 0 Å². The van der Waals surface area contributed by atoms with E-state index in [0.717, 1.165) is 22.6 Å². The SMILES string of the molecule is Cc1cc(C)c(C(=O)N[C@@H](C)CNC(=O)c2c(C(C)C)n[nH]c2C)[nH]1. The van der Waals surface area contributed by atoms with Gasteiger partial charge in [0.25, 0.3) is 11.8 Å². The van der Waals surface area contributed by atoms with Crippen molar-refractivity contribution in [2.75, 3.05) is 6.54 Å². The highest BCUT2D eigenvalue weighted by Gasteiger charge is 2.21. The van der Waals surface area contributed by atoms with E-state index in [1.165, 1.54) is 0 Å². The van der Waals surface area contributed by atoms with E-state index in [0.29, 0.717) is 17.8 Å². The monoisotopic (exact) mass is 345 g/mol. The molecule has 0 saturated heterocycles. The van der Waals surface area contributed by atoms with Crippen molar-refractivity contribution in [2.45, 2.75) is 53.5 Å². The van der Waals surface area contributed by atoms with Gasteiger partial charge in [0, 0.05) is 24.0 Å². The highest BCUT2D eigenvalue weighted by atomic mass is 16.2. The fraction of sp³-hybridized carbons (Fsp3) is 0.500. The quantitative estimate of drug-likeness (QED) is 0.646. The number of hydrogen-bond acceptors (Lipinski definition) is 3. The summed E-state index contributed by atoms with van der Waals surface area (Å²) in [6, 6.07) is 1.73. The lowest BCUT2D eigenvalue weighted by atomic mass is 10.0. The molecular weight excluding hydrogens is 318 g/mol. The zero-order valence-electron chi connectivity index (χ0n) is 15.7. The molecule has 7 nitrogen and oxygen atoms in total. The van der Waals surface area contributed by atoms with Crippen molar-refractivity contribution in [3.8, 4) is 0 Å². The van der Waals surface area contributed by atoms with Gasteiger partial charge in [-0.2, -0.15) is 5.10 Å². The Kier molecular flexibility index (Phi) is 5.66. The van der Waals surface area contributed by atoms with Gasteiger partial charge >= 0.3 is 0 Å². The van der Waals surface area contributed by atoms with E-state index in [1.807, 2.05) is 47.6 Å². The number of aromatic nitrogens is 3. The van der Waals surface area contributed by atoms with E-state index < -0.39 is 0 Å². The van der Waals surface area contributed by atoms with Crippen molar-refractivity contribution < 1.29 is 9.59 Å². The fourth-order valence-electron chi connectivity index (χ4n) is 2.80. The highest BCUT2D eigenvalue weighted by Crippen LogP contribution is 2.19. The second-order valence-corrected chi connectivity index (χ2v) is 6.86. The highest BCUT2D eigenvalue weighted by molar-refractivity contribution is 5.97. The van der Waals surface area contributed by atoms with Crippen LogP contribution in [-0.2, 0) is 0 Å². The fourth-order valence-corrected chi connectivity index (χ4v) is 2.80. The minimum atomic E-state index is -0.200. The molecule has 2 amide bonds. The van der Waals surface area contributed by atoms with Crippen LogP contribution in [0.15, 0.2) is 6.07 Å². The van der Waals surface area contributed by atoms with Crippen LogP contribution in [0.3, 0.4) is 0 Å². The number of amides is 2. The molecule has 0 aliphatic carbocycles. The summed E-state index contributed by atoms with van der Waals surface area (Å²) in [6.07, 6.45) is 0. The third-order valence-corrected chi connectivity index (χ3v) is 4.07. The van der Waals surface area contributed by atoms with Gasteiger partial charge in [0.2, 0.25) is 0 Å². The Labute approximate surface area is 148 Å². The first-order chi connectivity index (χ1) is 11.7. The Morgan fingerprint density at radius 2 is 1.84 bits per heavy atom. The van der Waals surface area contributed by atoms with Crippen molar-refractivity contribution >= 4 is 11.8 Å². The smallest absolute Gasteiger partial charge is 0.268 e. The molecule has 1 atom stereocenters. The molecule has 0 fully saturated rings. The average molecular weight is 345 g/mol. The van der Waals surface area contributed by atoms with Crippen LogP contribution in [0.25, 0.3) is 0 Å². The van der Waals surface area contributed by atoms with Crippen LogP contribution in [0.1, 0.15) is 70.2 Å². The number of nitrogens with one attached hydrogen (secondary N) is 4. The van der Waals surface area contributed by atoms with Gasteiger partial charge in [-0.1, -0.05) is 13.8 Å². The van der Waals surface area contributed by atoms with Crippen molar-refractivity contribution in [3.63, 3.8) is 0 Å². The largest absolute Gasteiger partial charge is 0.354 e. The first kappa shape index (κ1) is 18.8. The predicted molar refractivity (Wildman–Crippen MR) is 96.9 cm³/mol. The van der Waals surface area contributed by atoms with Gasteiger partial charge in [0.1, 0.15) is 5.69 Å². The molecule has 0 bridgehead atoms. The second-order valence-electron chi connectivity index (χ2n) is 6.86. The minimum absolute atomic E-state index is 0.155. The molecule has 0 aliphatic heterocycles. The standard InChI is InChI=1S/C18H27N5O2/c1-9(2)15-14(13(6)22-23-15)17(24)19-8-12(5)21-18(25)16-10(3)7-11(4)20-16/h7,9,12,20H,8H2,1-6H3,(H,19,24)(H,21,25)(H,22,23)/t12-/m0/s1. The van der Waals surface area contributed by atoms with Gasteiger partial charge < -0.3 is 15.6 Å². The van der Waals surface area contributed by atoms with Crippen LogP contribution < -0.4 is 10.6 Å². The van der Waals surface area contributed by atoms with Gasteiger partial charge in [0.05, 0.1) is 11.3 Å². The molecular formula is C18H27N5O2. The van der Waals surface area contributed by atoms with Crippen LogP contribution in [0.4, 0.5) is 0 Å².